The molecule has 1 N–H and O–H groups in total. The monoisotopic (exact) mass is 339 g/mol. The number of nitrogens with one attached hydrogen (secondary N) is 1. The summed E-state index contributed by atoms with van der Waals surface area (Å²) in [6.07, 6.45) is 4.89. The lowest BCUT2D eigenvalue weighted by Crippen LogP contribution is -2.28. The Morgan fingerprint density at radius 3 is 2.80 bits per heavy atom. The maximum absolute atomic E-state index is 12.1. The molecule has 2 aromatic heterocycles. The molecule has 0 bridgehead atoms. The van der Waals surface area contributed by atoms with Crippen LogP contribution in [0.3, 0.4) is 0 Å². The third kappa shape index (κ3) is 4.13. The molecule has 0 fully saturated rings. The zero-order valence-corrected chi connectivity index (χ0v) is 14.3. The first-order valence-corrected chi connectivity index (χ1v) is 8.20. The number of rotatable bonds is 7. The van der Waals surface area contributed by atoms with E-state index in [1.807, 2.05) is 48.1 Å². The van der Waals surface area contributed by atoms with Gasteiger partial charge in [0.25, 0.3) is 5.91 Å². The summed E-state index contributed by atoms with van der Waals surface area (Å²) in [6, 6.07) is 11.7. The van der Waals surface area contributed by atoms with Gasteiger partial charge in [0, 0.05) is 24.4 Å². The van der Waals surface area contributed by atoms with E-state index in [2.05, 4.69) is 15.5 Å². The molecule has 3 rings (SSSR count). The molecule has 0 saturated heterocycles. The van der Waals surface area contributed by atoms with E-state index in [4.69, 9.17) is 4.74 Å². The van der Waals surface area contributed by atoms with Gasteiger partial charge in [-0.25, -0.2) is 9.36 Å². The van der Waals surface area contributed by atoms with Crippen molar-refractivity contribution in [1.29, 1.82) is 0 Å². The molecule has 0 aliphatic heterocycles. The summed E-state index contributed by atoms with van der Waals surface area (Å²) in [6.45, 7) is 4.59. The lowest BCUT2D eigenvalue weighted by molar-refractivity contribution is -0.126. The number of carbonyl (C=O) groups is 1. The van der Waals surface area contributed by atoms with Crippen molar-refractivity contribution in [2.24, 2.45) is 0 Å². The van der Waals surface area contributed by atoms with Gasteiger partial charge in [-0.2, -0.15) is 10.2 Å². The number of benzene rings is 1. The molecule has 0 saturated carbocycles. The molecule has 7 heteroatoms. The predicted molar refractivity (Wildman–Crippen MR) is 94.6 cm³/mol. The van der Waals surface area contributed by atoms with Crippen LogP contribution in [0.25, 0.3) is 5.69 Å². The number of hydrogen-bond acceptors (Lipinski definition) is 4. The molecule has 130 valence electrons. The summed E-state index contributed by atoms with van der Waals surface area (Å²) in [5, 5.41) is 11.5. The van der Waals surface area contributed by atoms with Crippen molar-refractivity contribution < 1.29 is 9.53 Å². The molecule has 0 radical (unpaired) electrons. The summed E-state index contributed by atoms with van der Waals surface area (Å²) in [5.74, 6) is 0.438. The first-order valence-electron chi connectivity index (χ1n) is 8.20. The summed E-state index contributed by atoms with van der Waals surface area (Å²) < 4.78 is 8.85. The Hall–Kier alpha value is -2.93. The summed E-state index contributed by atoms with van der Waals surface area (Å²) in [7, 11) is 0. The van der Waals surface area contributed by atoms with E-state index in [1.54, 1.807) is 30.1 Å². The predicted octanol–water partition coefficient (Wildman–Crippen LogP) is 2.48. The van der Waals surface area contributed by atoms with E-state index in [-0.39, 0.29) is 5.91 Å². The van der Waals surface area contributed by atoms with Crippen LogP contribution in [0.2, 0.25) is 0 Å². The van der Waals surface area contributed by atoms with Crippen molar-refractivity contribution in [2.45, 2.75) is 26.5 Å². The Labute approximate surface area is 146 Å². The van der Waals surface area contributed by atoms with Crippen molar-refractivity contribution in [1.82, 2.24) is 19.6 Å². The van der Waals surface area contributed by atoms with E-state index >= 15 is 0 Å². The number of nitrogens with zero attached hydrogens (tertiary/aromatic N) is 4. The Balaban J connectivity index is 1.69. The summed E-state index contributed by atoms with van der Waals surface area (Å²) in [4.78, 5) is 12.1. The fraction of sp³-hybridized carbons (Fsp3) is 0.278. The van der Waals surface area contributed by atoms with Crippen LogP contribution in [-0.2, 0) is 16.1 Å². The van der Waals surface area contributed by atoms with Crippen molar-refractivity contribution in [2.75, 3.05) is 11.9 Å². The highest BCUT2D eigenvalue weighted by atomic mass is 16.5. The zero-order chi connectivity index (χ0) is 17.6. The minimum absolute atomic E-state index is 0.191. The van der Waals surface area contributed by atoms with E-state index in [0.29, 0.717) is 19.0 Å². The molecule has 1 aromatic carbocycles. The number of amides is 1. The Kier molecular flexibility index (Phi) is 5.25. The van der Waals surface area contributed by atoms with Gasteiger partial charge in [0.2, 0.25) is 0 Å². The van der Waals surface area contributed by atoms with Crippen LogP contribution >= 0.6 is 0 Å². The van der Waals surface area contributed by atoms with Gasteiger partial charge in [0.15, 0.2) is 0 Å². The van der Waals surface area contributed by atoms with Crippen LogP contribution in [0, 0.1) is 0 Å². The fourth-order valence-electron chi connectivity index (χ4n) is 2.45. The molecule has 3 aromatic rings. The maximum atomic E-state index is 12.1. The Morgan fingerprint density at radius 2 is 2.04 bits per heavy atom. The second-order valence-corrected chi connectivity index (χ2v) is 5.59. The largest absolute Gasteiger partial charge is 0.369 e. The van der Waals surface area contributed by atoms with E-state index in [9.17, 15) is 4.79 Å². The minimum atomic E-state index is -0.505. The highest BCUT2D eigenvalue weighted by molar-refractivity contribution is 5.93. The average molecular weight is 339 g/mol. The quantitative estimate of drug-likeness (QED) is 0.718. The lowest BCUT2D eigenvalue weighted by Gasteiger charge is -2.13. The number of anilines is 1. The smallest absolute Gasteiger partial charge is 0.254 e. The summed E-state index contributed by atoms with van der Waals surface area (Å²) in [5.41, 5.74) is 1.98. The van der Waals surface area contributed by atoms with Gasteiger partial charge in [-0.1, -0.05) is 18.2 Å². The molecular formula is C18H21N5O2. The molecule has 0 spiro atoms. The van der Waals surface area contributed by atoms with Crippen molar-refractivity contribution in [3.05, 3.63) is 60.6 Å². The number of ether oxygens (including phenoxy) is 1. The first kappa shape index (κ1) is 16.9. The highest BCUT2D eigenvalue weighted by Gasteiger charge is 2.15. The third-order valence-corrected chi connectivity index (χ3v) is 3.74. The standard InChI is InChI=1S/C18H21N5O2/c1-3-25-14(2)18(24)21-17-9-10-19-23(17)13-15-11-20-22(12-15)16-7-5-4-6-8-16/h4-12,14H,3,13H2,1-2H3,(H,21,24). The topological polar surface area (TPSA) is 74.0 Å². The Bertz CT molecular complexity index is 825. The van der Waals surface area contributed by atoms with Crippen LogP contribution in [0.5, 0.6) is 0 Å². The molecule has 2 heterocycles. The van der Waals surface area contributed by atoms with Crippen molar-refractivity contribution in [3.63, 3.8) is 0 Å². The van der Waals surface area contributed by atoms with Crippen LogP contribution in [0.1, 0.15) is 19.4 Å². The lowest BCUT2D eigenvalue weighted by atomic mass is 10.3. The number of carbonyl (C=O) groups excluding carboxylic acids is 1. The zero-order valence-electron chi connectivity index (χ0n) is 14.3. The minimum Gasteiger partial charge on any atom is -0.369 e. The second kappa shape index (κ2) is 7.76. The Morgan fingerprint density at radius 1 is 1.24 bits per heavy atom. The number of hydrogen-bond donors (Lipinski definition) is 1. The van der Waals surface area contributed by atoms with Crippen LogP contribution in [-0.4, -0.2) is 38.2 Å². The van der Waals surface area contributed by atoms with Gasteiger partial charge in [0.05, 0.1) is 24.6 Å². The maximum Gasteiger partial charge on any atom is 0.254 e. The number of aromatic nitrogens is 4. The van der Waals surface area contributed by atoms with Crippen molar-refractivity contribution in [3.8, 4) is 5.69 Å². The SMILES string of the molecule is CCOC(C)C(=O)Nc1ccnn1Cc1cnn(-c2ccccc2)c1. The van der Waals surface area contributed by atoms with Crippen LogP contribution in [0.15, 0.2) is 55.0 Å². The summed E-state index contributed by atoms with van der Waals surface area (Å²) >= 11 is 0. The molecule has 0 aliphatic rings. The van der Waals surface area contributed by atoms with Gasteiger partial charge < -0.3 is 10.1 Å². The fourth-order valence-corrected chi connectivity index (χ4v) is 2.45. The molecule has 0 aliphatic carbocycles. The number of para-hydroxylation sites is 1. The van der Waals surface area contributed by atoms with E-state index in [0.717, 1.165) is 11.3 Å². The third-order valence-electron chi connectivity index (χ3n) is 3.74. The molecule has 7 nitrogen and oxygen atoms in total. The highest BCUT2D eigenvalue weighted by Crippen LogP contribution is 2.13. The molecule has 25 heavy (non-hydrogen) atoms. The molecule has 1 amide bonds. The average Bonchev–Trinajstić information content (AvgIpc) is 3.26. The van der Waals surface area contributed by atoms with Crippen LogP contribution in [0.4, 0.5) is 5.82 Å². The van der Waals surface area contributed by atoms with Gasteiger partial charge in [-0.05, 0) is 26.0 Å². The van der Waals surface area contributed by atoms with Crippen molar-refractivity contribution >= 4 is 11.7 Å². The molecular weight excluding hydrogens is 318 g/mol. The first-order chi connectivity index (χ1) is 12.2. The second-order valence-electron chi connectivity index (χ2n) is 5.59. The van der Waals surface area contributed by atoms with Gasteiger partial charge in [-0.15, -0.1) is 0 Å². The van der Waals surface area contributed by atoms with Gasteiger partial charge in [-0.3, -0.25) is 4.79 Å². The van der Waals surface area contributed by atoms with Gasteiger partial charge in [0.1, 0.15) is 11.9 Å². The molecule has 1 unspecified atom stereocenters. The van der Waals surface area contributed by atoms with E-state index in [1.165, 1.54) is 0 Å². The van der Waals surface area contributed by atoms with Gasteiger partial charge >= 0.3 is 0 Å². The molecule has 1 atom stereocenters. The van der Waals surface area contributed by atoms with E-state index < -0.39 is 6.10 Å². The van der Waals surface area contributed by atoms with Crippen LogP contribution < -0.4 is 5.32 Å². The normalized spacial score (nSPS) is 12.1.